The number of nitriles is 1. The molecule has 0 spiro atoms. The van der Waals surface area contributed by atoms with Crippen LogP contribution in [0.4, 0.5) is 8.78 Å². The Kier molecular flexibility index (Phi) is 3.71. The topological polar surface area (TPSA) is 56.9 Å². The van der Waals surface area contributed by atoms with Gasteiger partial charge in [0.2, 0.25) is 0 Å². The van der Waals surface area contributed by atoms with E-state index in [1.807, 2.05) is 0 Å². The maximum Gasteiger partial charge on any atom is 0.280 e. The average molecular weight is 310 g/mol. The highest BCUT2D eigenvalue weighted by molar-refractivity contribution is 14.1. The summed E-state index contributed by atoms with van der Waals surface area (Å²) in [5, 5.41) is 17.5. The van der Waals surface area contributed by atoms with E-state index in [4.69, 9.17) is 10.4 Å². The standard InChI is InChI=1S/C8H5F2IN2O/c9-8(10)5-1-4(3-14)7(11)6(2-12)13-5/h1,8,14H,3H2. The predicted octanol–water partition coefficient (Wildman–Crippen LogP) is 1.99. The van der Waals surface area contributed by atoms with Crippen molar-refractivity contribution in [2.45, 2.75) is 13.0 Å². The first-order chi connectivity index (χ1) is 6.60. The molecular weight excluding hydrogens is 305 g/mol. The highest BCUT2D eigenvalue weighted by atomic mass is 127. The van der Waals surface area contributed by atoms with Crippen molar-refractivity contribution in [3.05, 3.63) is 26.6 Å². The molecule has 0 radical (unpaired) electrons. The number of hydrogen-bond donors (Lipinski definition) is 1. The number of nitrogens with zero attached hydrogens (tertiary/aromatic N) is 2. The Hall–Kier alpha value is -0.810. The van der Waals surface area contributed by atoms with E-state index in [9.17, 15) is 8.78 Å². The van der Waals surface area contributed by atoms with Crippen LogP contribution in [0.1, 0.15) is 23.4 Å². The van der Waals surface area contributed by atoms with Crippen LogP contribution in [0, 0.1) is 14.9 Å². The second-order valence-corrected chi connectivity index (χ2v) is 3.52. The summed E-state index contributed by atoms with van der Waals surface area (Å²) in [6, 6.07) is 2.81. The van der Waals surface area contributed by atoms with Gasteiger partial charge in [-0.05, 0) is 34.2 Å². The zero-order chi connectivity index (χ0) is 10.7. The van der Waals surface area contributed by atoms with E-state index < -0.39 is 12.1 Å². The molecule has 0 aliphatic heterocycles. The fraction of sp³-hybridized carbons (Fsp3) is 0.250. The van der Waals surface area contributed by atoms with Gasteiger partial charge in [-0.1, -0.05) is 0 Å². The number of hydrogen-bond acceptors (Lipinski definition) is 3. The molecule has 3 nitrogen and oxygen atoms in total. The van der Waals surface area contributed by atoms with Crippen molar-refractivity contribution in [2.75, 3.05) is 0 Å². The molecule has 0 aliphatic rings. The molecule has 0 saturated heterocycles. The Balaban J connectivity index is 3.34. The van der Waals surface area contributed by atoms with E-state index in [1.165, 1.54) is 0 Å². The molecule has 1 rings (SSSR count). The lowest BCUT2D eigenvalue weighted by molar-refractivity contribution is 0.145. The van der Waals surface area contributed by atoms with Crippen LogP contribution in [0.25, 0.3) is 0 Å². The Morgan fingerprint density at radius 3 is 2.71 bits per heavy atom. The zero-order valence-corrected chi connectivity index (χ0v) is 8.99. The lowest BCUT2D eigenvalue weighted by atomic mass is 10.2. The summed E-state index contributed by atoms with van der Waals surface area (Å²) in [6.07, 6.45) is -2.73. The summed E-state index contributed by atoms with van der Waals surface area (Å²) in [4.78, 5) is 3.47. The SMILES string of the molecule is N#Cc1nc(C(F)F)cc(CO)c1I. The van der Waals surface area contributed by atoms with Gasteiger partial charge in [0.1, 0.15) is 11.8 Å². The Labute approximate surface area is 92.5 Å². The monoisotopic (exact) mass is 310 g/mol. The molecule has 14 heavy (non-hydrogen) atoms. The van der Waals surface area contributed by atoms with Crippen LogP contribution in [-0.4, -0.2) is 10.1 Å². The van der Waals surface area contributed by atoms with Gasteiger partial charge in [0.15, 0.2) is 5.69 Å². The van der Waals surface area contributed by atoms with Gasteiger partial charge in [-0.2, -0.15) is 5.26 Å². The third-order valence-corrected chi connectivity index (χ3v) is 2.76. The summed E-state index contributed by atoms with van der Waals surface area (Å²) < 4.78 is 25.0. The maximum absolute atomic E-state index is 12.3. The van der Waals surface area contributed by atoms with E-state index >= 15 is 0 Å². The summed E-state index contributed by atoms with van der Waals surface area (Å²) in [6.45, 7) is -0.380. The van der Waals surface area contributed by atoms with Crippen molar-refractivity contribution in [2.24, 2.45) is 0 Å². The lowest BCUT2D eigenvalue weighted by Gasteiger charge is -2.05. The molecule has 1 aromatic rings. The third kappa shape index (κ3) is 2.16. The van der Waals surface area contributed by atoms with Crippen molar-refractivity contribution < 1.29 is 13.9 Å². The third-order valence-electron chi connectivity index (χ3n) is 1.55. The van der Waals surface area contributed by atoms with Crippen LogP contribution < -0.4 is 0 Å². The number of aliphatic hydroxyl groups is 1. The highest BCUT2D eigenvalue weighted by Gasteiger charge is 2.15. The number of rotatable bonds is 2. The summed E-state index contributed by atoms with van der Waals surface area (Å²) in [5.74, 6) is 0. The Bertz CT molecular complexity index is 390. The molecule has 1 N–H and O–H groups in total. The molecule has 0 unspecified atom stereocenters. The zero-order valence-electron chi connectivity index (χ0n) is 6.84. The number of aliphatic hydroxyl groups excluding tert-OH is 1. The molecule has 1 aromatic heterocycles. The molecular formula is C8H5F2IN2O. The van der Waals surface area contributed by atoms with Gasteiger partial charge >= 0.3 is 0 Å². The molecule has 0 atom stereocenters. The lowest BCUT2D eigenvalue weighted by Crippen LogP contribution is -2.01. The van der Waals surface area contributed by atoms with Crippen molar-refractivity contribution >= 4 is 22.6 Å². The summed E-state index contributed by atoms with van der Waals surface area (Å²) >= 11 is 1.79. The van der Waals surface area contributed by atoms with Gasteiger partial charge in [0.25, 0.3) is 6.43 Å². The van der Waals surface area contributed by atoms with Gasteiger partial charge in [-0.3, -0.25) is 0 Å². The minimum atomic E-state index is -2.73. The summed E-state index contributed by atoms with van der Waals surface area (Å²) in [5.41, 5.74) is -0.258. The van der Waals surface area contributed by atoms with Crippen LogP contribution in [0.15, 0.2) is 6.07 Å². The maximum atomic E-state index is 12.3. The molecule has 0 aliphatic carbocycles. The largest absolute Gasteiger partial charge is 0.392 e. The van der Waals surface area contributed by atoms with Gasteiger partial charge in [-0.25, -0.2) is 13.8 Å². The smallest absolute Gasteiger partial charge is 0.280 e. The minimum Gasteiger partial charge on any atom is -0.392 e. The van der Waals surface area contributed by atoms with Gasteiger partial charge in [0.05, 0.1) is 10.2 Å². The average Bonchev–Trinajstić information content (AvgIpc) is 2.17. The number of halogens is 3. The predicted molar refractivity (Wildman–Crippen MR) is 52.5 cm³/mol. The fourth-order valence-corrected chi connectivity index (χ4v) is 1.47. The summed E-state index contributed by atoms with van der Waals surface area (Å²) in [7, 11) is 0. The quantitative estimate of drug-likeness (QED) is 0.850. The van der Waals surface area contributed by atoms with Crippen molar-refractivity contribution in [1.29, 1.82) is 5.26 Å². The second-order valence-electron chi connectivity index (χ2n) is 2.44. The molecule has 74 valence electrons. The van der Waals surface area contributed by atoms with Crippen LogP contribution >= 0.6 is 22.6 Å². The van der Waals surface area contributed by atoms with Crippen molar-refractivity contribution in [1.82, 2.24) is 4.98 Å². The number of alkyl halides is 2. The van der Waals surface area contributed by atoms with E-state index in [-0.39, 0.29) is 12.3 Å². The van der Waals surface area contributed by atoms with E-state index in [0.29, 0.717) is 9.13 Å². The highest BCUT2D eigenvalue weighted by Crippen LogP contribution is 2.22. The first-order valence-electron chi connectivity index (χ1n) is 3.58. The Morgan fingerprint density at radius 1 is 1.64 bits per heavy atom. The first-order valence-corrected chi connectivity index (χ1v) is 4.66. The normalized spacial score (nSPS) is 10.3. The van der Waals surface area contributed by atoms with Crippen LogP contribution in [-0.2, 0) is 6.61 Å². The van der Waals surface area contributed by atoms with Gasteiger partial charge in [0, 0.05) is 0 Å². The molecule has 0 saturated carbocycles. The van der Waals surface area contributed by atoms with Crippen molar-refractivity contribution in [3.8, 4) is 6.07 Å². The van der Waals surface area contributed by atoms with Gasteiger partial charge in [-0.15, -0.1) is 0 Å². The molecule has 0 bridgehead atoms. The van der Waals surface area contributed by atoms with E-state index in [2.05, 4.69) is 4.98 Å². The molecule has 1 heterocycles. The molecule has 0 fully saturated rings. The van der Waals surface area contributed by atoms with Gasteiger partial charge < -0.3 is 5.11 Å². The van der Waals surface area contributed by atoms with Crippen LogP contribution in [0.3, 0.4) is 0 Å². The van der Waals surface area contributed by atoms with E-state index in [1.54, 1.807) is 28.7 Å². The van der Waals surface area contributed by atoms with Crippen LogP contribution in [0.5, 0.6) is 0 Å². The van der Waals surface area contributed by atoms with Crippen molar-refractivity contribution in [3.63, 3.8) is 0 Å². The number of pyridine rings is 1. The molecule has 0 amide bonds. The Morgan fingerprint density at radius 2 is 2.29 bits per heavy atom. The first kappa shape index (κ1) is 11.3. The minimum absolute atomic E-state index is 0.0764. The van der Waals surface area contributed by atoms with Crippen LogP contribution in [0.2, 0.25) is 0 Å². The molecule has 6 heteroatoms. The fourth-order valence-electron chi connectivity index (χ4n) is 0.905. The molecule has 0 aromatic carbocycles. The van der Waals surface area contributed by atoms with E-state index in [0.717, 1.165) is 6.07 Å². The number of aromatic nitrogens is 1. The second kappa shape index (κ2) is 4.61.